The lowest BCUT2D eigenvalue weighted by Crippen LogP contribution is -2.33. The molecular weight excluding hydrogens is 321 g/mol. The number of benzene rings is 2. The molecule has 0 saturated carbocycles. The third kappa shape index (κ3) is 3.13. The Morgan fingerprint density at radius 2 is 2.08 bits per heavy atom. The smallest absolute Gasteiger partial charge is 0.227 e. The maximum Gasteiger partial charge on any atom is 0.227 e. The third-order valence-corrected chi connectivity index (χ3v) is 4.71. The van der Waals surface area contributed by atoms with Crippen molar-refractivity contribution in [2.24, 2.45) is 0 Å². The second-order valence-corrected chi connectivity index (χ2v) is 6.47. The van der Waals surface area contributed by atoms with Gasteiger partial charge in [-0.05, 0) is 41.8 Å². The molecule has 1 amide bonds. The first kappa shape index (κ1) is 15.8. The molecule has 2 N–H and O–H groups in total. The van der Waals surface area contributed by atoms with E-state index in [9.17, 15) is 14.3 Å². The number of aromatic amines is 1. The number of H-pyrrole nitrogens is 1. The molecule has 0 unspecified atom stereocenters. The number of nitrogens with one attached hydrogen (secondary N) is 1. The summed E-state index contributed by atoms with van der Waals surface area (Å²) in [6.45, 7) is 0.300. The van der Waals surface area contributed by atoms with Gasteiger partial charge in [0.1, 0.15) is 5.82 Å². The Labute approximate surface area is 144 Å². The average Bonchev–Trinajstić information content (AvgIpc) is 3.21. The molecule has 3 aromatic rings. The van der Waals surface area contributed by atoms with Gasteiger partial charge in [-0.2, -0.15) is 5.10 Å². The largest absolute Gasteiger partial charge is 0.391 e. The Kier molecular flexibility index (Phi) is 3.97. The number of aliphatic hydroxyl groups is 1. The van der Waals surface area contributed by atoms with E-state index in [-0.39, 0.29) is 24.2 Å². The predicted molar refractivity (Wildman–Crippen MR) is 91.3 cm³/mol. The number of fused-ring (bicyclic) bond motifs is 1. The summed E-state index contributed by atoms with van der Waals surface area (Å²) in [4.78, 5) is 14.5. The van der Waals surface area contributed by atoms with Crippen molar-refractivity contribution >= 4 is 16.8 Å². The van der Waals surface area contributed by atoms with E-state index in [0.717, 1.165) is 22.0 Å². The molecule has 2 atom stereocenters. The van der Waals surface area contributed by atoms with Crippen molar-refractivity contribution in [3.8, 4) is 0 Å². The van der Waals surface area contributed by atoms with Crippen LogP contribution >= 0.6 is 0 Å². The summed E-state index contributed by atoms with van der Waals surface area (Å²) in [7, 11) is 0. The Morgan fingerprint density at radius 1 is 1.28 bits per heavy atom. The maximum absolute atomic E-state index is 13.2. The van der Waals surface area contributed by atoms with Crippen molar-refractivity contribution < 1.29 is 14.3 Å². The monoisotopic (exact) mass is 339 g/mol. The number of aromatic nitrogens is 2. The standard InChI is InChI=1S/C19H18FN3O2/c20-15-4-2-13(3-5-15)18-9-16(24)11-23(18)19(25)8-12-1-6-17-14(7-12)10-21-22-17/h1-7,10,16,18,24H,8-9,11H2,(H,21,22)/t16-,18-/m0/s1. The number of aliphatic hydroxyl groups excluding tert-OH is 1. The van der Waals surface area contributed by atoms with Crippen molar-refractivity contribution in [3.63, 3.8) is 0 Å². The van der Waals surface area contributed by atoms with Crippen LogP contribution in [0.3, 0.4) is 0 Å². The molecule has 25 heavy (non-hydrogen) atoms. The quantitative estimate of drug-likeness (QED) is 0.771. The van der Waals surface area contributed by atoms with Crippen LogP contribution in [0.15, 0.2) is 48.7 Å². The van der Waals surface area contributed by atoms with Crippen LogP contribution in [0.25, 0.3) is 10.9 Å². The first-order chi connectivity index (χ1) is 12.1. The Hall–Kier alpha value is -2.73. The van der Waals surface area contributed by atoms with Crippen molar-refractivity contribution in [1.29, 1.82) is 0 Å². The number of nitrogens with zero attached hydrogens (tertiary/aromatic N) is 2. The number of likely N-dealkylation sites (tertiary alicyclic amines) is 1. The molecule has 1 aliphatic heterocycles. The molecule has 6 heteroatoms. The van der Waals surface area contributed by atoms with E-state index in [2.05, 4.69) is 10.2 Å². The summed E-state index contributed by atoms with van der Waals surface area (Å²) in [6.07, 6.45) is 1.89. The van der Waals surface area contributed by atoms with Crippen LogP contribution in [-0.4, -0.2) is 38.8 Å². The van der Waals surface area contributed by atoms with Crippen molar-refractivity contribution in [2.45, 2.75) is 25.0 Å². The maximum atomic E-state index is 13.2. The highest BCUT2D eigenvalue weighted by Gasteiger charge is 2.35. The zero-order chi connectivity index (χ0) is 17.4. The molecule has 1 saturated heterocycles. The van der Waals surface area contributed by atoms with Crippen LogP contribution in [0, 0.1) is 5.82 Å². The van der Waals surface area contributed by atoms with Crippen molar-refractivity contribution in [3.05, 3.63) is 65.6 Å². The lowest BCUT2D eigenvalue weighted by atomic mass is 10.0. The number of amides is 1. The lowest BCUT2D eigenvalue weighted by Gasteiger charge is -2.25. The van der Waals surface area contributed by atoms with E-state index in [1.54, 1.807) is 23.2 Å². The van der Waals surface area contributed by atoms with Gasteiger partial charge in [0.15, 0.2) is 0 Å². The van der Waals surface area contributed by atoms with E-state index < -0.39 is 6.10 Å². The fraction of sp³-hybridized carbons (Fsp3) is 0.263. The van der Waals surface area contributed by atoms with Gasteiger partial charge >= 0.3 is 0 Å². The molecule has 0 spiro atoms. The number of halogens is 1. The van der Waals surface area contributed by atoms with Gasteiger partial charge in [-0.25, -0.2) is 4.39 Å². The molecule has 0 radical (unpaired) electrons. The predicted octanol–water partition coefficient (Wildman–Crippen LogP) is 2.58. The topological polar surface area (TPSA) is 69.2 Å². The highest BCUT2D eigenvalue weighted by molar-refractivity contribution is 5.83. The summed E-state index contributed by atoms with van der Waals surface area (Å²) >= 11 is 0. The van der Waals surface area contributed by atoms with Gasteiger partial charge in [0.2, 0.25) is 5.91 Å². The van der Waals surface area contributed by atoms with Gasteiger partial charge in [0.25, 0.3) is 0 Å². The Morgan fingerprint density at radius 3 is 2.88 bits per heavy atom. The fourth-order valence-electron chi connectivity index (χ4n) is 3.47. The van der Waals surface area contributed by atoms with E-state index in [1.807, 2.05) is 18.2 Å². The first-order valence-electron chi connectivity index (χ1n) is 8.25. The highest BCUT2D eigenvalue weighted by atomic mass is 19.1. The van der Waals surface area contributed by atoms with E-state index in [1.165, 1.54) is 12.1 Å². The van der Waals surface area contributed by atoms with Gasteiger partial charge in [-0.15, -0.1) is 0 Å². The van der Waals surface area contributed by atoms with Crippen LogP contribution < -0.4 is 0 Å². The van der Waals surface area contributed by atoms with Crippen molar-refractivity contribution in [1.82, 2.24) is 15.1 Å². The molecular formula is C19H18FN3O2. The normalized spacial score (nSPS) is 20.3. The highest BCUT2D eigenvalue weighted by Crippen LogP contribution is 2.33. The molecule has 128 valence electrons. The zero-order valence-corrected chi connectivity index (χ0v) is 13.5. The van der Waals surface area contributed by atoms with Crippen LogP contribution in [0.5, 0.6) is 0 Å². The Balaban J connectivity index is 1.55. The van der Waals surface area contributed by atoms with Gasteiger partial charge < -0.3 is 10.0 Å². The fourth-order valence-corrected chi connectivity index (χ4v) is 3.47. The summed E-state index contributed by atoms with van der Waals surface area (Å²) in [5.74, 6) is -0.359. The molecule has 1 aromatic heterocycles. The summed E-state index contributed by atoms with van der Waals surface area (Å²) in [5, 5.41) is 17.9. The van der Waals surface area contributed by atoms with Gasteiger partial charge in [0.05, 0.1) is 30.3 Å². The van der Waals surface area contributed by atoms with Gasteiger partial charge in [0, 0.05) is 11.9 Å². The van der Waals surface area contributed by atoms with Crippen LogP contribution in [0.2, 0.25) is 0 Å². The van der Waals surface area contributed by atoms with E-state index >= 15 is 0 Å². The SMILES string of the molecule is O=C(Cc1ccc2[nH]ncc2c1)N1C[C@@H](O)C[C@H]1c1ccc(F)cc1. The number of carbonyl (C=O) groups is 1. The number of β-amino-alcohol motifs (C(OH)–C–C–N with tert-alkyl or cyclic N) is 1. The molecule has 0 aliphatic carbocycles. The summed E-state index contributed by atoms with van der Waals surface area (Å²) in [5.41, 5.74) is 2.67. The molecule has 1 aliphatic rings. The molecule has 4 rings (SSSR count). The average molecular weight is 339 g/mol. The van der Waals surface area contributed by atoms with Crippen LogP contribution in [0.1, 0.15) is 23.6 Å². The number of rotatable bonds is 3. The lowest BCUT2D eigenvalue weighted by molar-refractivity contribution is -0.131. The van der Waals surface area contributed by atoms with E-state index in [4.69, 9.17) is 0 Å². The third-order valence-electron chi connectivity index (χ3n) is 4.71. The molecule has 1 fully saturated rings. The van der Waals surface area contributed by atoms with Gasteiger partial charge in [-0.1, -0.05) is 18.2 Å². The minimum atomic E-state index is -0.560. The molecule has 0 bridgehead atoms. The number of hydrogen-bond donors (Lipinski definition) is 2. The number of hydrogen-bond acceptors (Lipinski definition) is 3. The summed E-state index contributed by atoms with van der Waals surface area (Å²) < 4.78 is 13.2. The minimum Gasteiger partial charge on any atom is -0.391 e. The van der Waals surface area contributed by atoms with Crippen LogP contribution in [0.4, 0.5) is 4.39 Å². The second kappa shape index (κ2) is 6.29. The molecule has 2 aromatic carbocycles. The number of carbonyl (C=O) groups excluding carboxylic acids is 1. The summed E-state index contributed by atoms with van der Waals surface area (Å²) in [6, 6.07) is 11.6. The molecule has 2 heterocycles. The van der Waals surface area contributed by atoms with Gasteiger partial charge in [-0.3, -0.25) is 9.89 Å². The van der Waals surface area contributed by atoms with Crippen molar-refractivity contribution in [2.75, 3.05) is 6.54 Å². The van der Waals surface area contributed by atoms with Crippen LogP contribution in [-0.2, 0) is 11.2 Å². The molecule has 5 nitrogen and oxygen atoms in total. The first-order valence-corrected chi connectivity index (χ1v) is 8.25. The Bertz CT molecular complexity index is 906. The zero-order valence-electron chi connectivity index (χ0n) is 13.5. The van der Waals surface area contributed by atoms with E-state index in [0.29, 0.717) is 13.0 Å². The minimum absolute atomic E-state index is 0.0475. The second-order valence-electron chi connectivity index (χ2n) is 6.47.